The average Bonchev–Trinajstić information content (AvgIpc) is 3.35. The Labute approximate surface area is 164 Å². The van der Waals surface area contributed by atoms with Gasteiger partial charge in [0.15, 0.2) is 5.78 Å². The highest BCUT2D eigenvalue weighted by Gasteiger charge is 2.52. The van der Waals surface area contributed by atoms with Gasteiger partial charge in [0, 0.05) is 25.9 Å². The van der Waals surface area contributed by atoms with Gasteiger partial charge in [-0.25, -0.2) is 0 Å². The second-order valence-electron chi connectivity index (χ2n) is 7.88. The van der Waals surface area contributed by atoms with Crippen molar-refractivity contribution in [1.29, 1.82) is 0 Å². The van der Waals surface area contributed by atoms with Crippen LogP contribution in [-0.2, 0) is 24.0 Å². The molecule has 0 aliphatic carbocycles. The summed E-state index contributed by atoms with van der Waals surface area (Å²) in [5.41, 5.74) is 5.22. The maximum Gasteiger partial charge on any atom is 0.246 e. The maximum absolute atomic E-state index is 13.0. The predicted octanol–water partition coefficient (Wildman–Crippen LogP) is -0.906. The molecule has 3 aliphatic heterocycles. The summed E-state index contributed by atoms with van der Waals surface area (Å²) in [6.45, 7) is 3.99. The van der Waals surface area contributed by atoms with Crippen LogP contribution in [0.2, 0.25) is 0 Å². The van der Waals surface area contributed by atoms with E-state index in [4.69, 9.17) is 5.73 Å². The summed E-state index contributed by atoms with van der Waals surface area (Å²) >= 11 is 0. The molecular formula is C19H27N4O5. The van der Waals surface area contributed by atoms with Crippen molar-refractivity contribution in [1.82, 2.24) is 14.7 Å². The third-order valence-electron chi connectivity index (χ3n) is 6.06. The van der Waals surface area contributed by atoms with Crippen molar-refractivity contribution < 1.29 is 24.0 Å². The summed E-state index contributed by atoms with van der Waals surface area (Å²) in [5.74, 6) is -1.75. The molecule has 9 heteroatoms. The van der Waals surface area contributed by atoms with Gasteiger partial charge in [-0.05, 0) is 25.7 Å². The molecule has 4 unspecified atom stereocenters. The van der Waals surface area contributed by atoms with Crippen LogP contribution in [0.4, 0.5) is 0 Å². The molecule has 3 heterocycles. The zero-order valence-electron chi connectivity index (χ0n) is 16.3. The minimum absolute atomic E-state index is 0.0299. The number of rotatable bonds is 5. The average molecular weight is 391 g/mol. The maximum atomic E-state index is 13.0. The van der Waals surface area contributed by atoms with Crippen LogP contribution in [0.15, 0.2) is 0 Å². The van der Waals surface area contributed by atoms with E-state index in [9.17, 15) is 24.0 Å². The van der Waals surface area contributed by atoms with Crippen molar-refractivity contribution in [3.05, 3.63) is 6.42 Å². The van der Waals surface area contributed by atoms with E-state index >= 15 is 0 Å². The number of carbonyl (C=O) groups excluding carboxylic acids is 5. The number of nitrogens with two attached hydrogens (primary N) is 1. The normalized spacial score (nSPS) is 27.9. The van der Waals surface area contributed by atoms with Gasteiger partial charge < -0.3 is 20.4 Å². The Bertz CT molecular complexity index is 708. The Morgan fingerprint density at radius 3 is 2.50 bits per heavy atom. The van der Waals surface area contributed by atoms with Gasteiger partial charge in [-0.2, -0.15) is 0 Å². The second-order valence-corrected chi connectivity index (χ2v) is 7.88. The molecule has 4 atom stereocenters. The minimum atomic E-state index is -0.649. The lowest BCUT2D eigenvalue weighted by atomic mass is 10.0. The lowest BCUT2D eigenvalue weighted by Crippen LogP contribution is -2.50. The molecule has 0 aromatic rings. The van der Waals surface area contributed by atoms with E-state index in [1.54, 1.807) is 16.7 Å². The number of primary amides is 1. The fourth-order valence-electron chi connectivity index (χ4n) is 4.46. The minimum Gasteiger partial charge on any atom is -0.369 e. The summed E-state index contributed by atoms with van der Waals surface area (Å²) in [4.78, 5) is 65.7. The molecule has 153 valence electrons. The van der Waals surface area contributed by atoms with Gasteiger partial charge in [0.2, 0.25) is 23.6 Å². The molecule has 2 N–H and O–H groups in total. The zero-order chi connectivity index (χ0) is 20.6. The predicted molar refractivity (Wildman–Crippen MR) is 98.3 cm³/mol. The van der Waals surface area contributed by atoms with Gasteiger partial charge in [0.1, 0.15) is 12.1 Å². The molecule has 0 bridgehead atoms. The Morgan fingerprint density at radius 1 is 1.14 bits per heavy atom. The summed E-state index contributed by atoms with van der Waals surface area (Å²) in [6.07, 6.45) is 3.50. The number of amides is 4. The van der Waals surface area contributed by atoms with Crippen molar-refractivity contribution in [3.8, 4) is 0 Å². The fraction of sp³-hybridized carbons (Fsp3) is 0.684. The highest BCUT2D eigenvalue weighted by Crippen LogP contribution is 2.32. The van der Waals surface area contributed by atoms with Gasteiger partial charge >= 0.3 is 0 Å². The summed E-state index contributed by atoms with van der Waals surface area (Å²) in [5, 5.41) is 0. The highest BCUT2D eigenvalue weighted by molar-refractivity contribution is 6.00. The van der Waals surface area contributed by atoms with Crippen LogP contribution >= 0.6 is 0 Å². The molecule has 3 aliphatic rings. The van der Waals surface area contributed by atoms with E-state index < -0.39 is 23.9 Å². The van der Waals surface area contributed by atoms with Gasteiger partial charge in [0.05, 0.1) is 19.0 Å². The molecule has 1 radical (unpaired) electrons. The molecule has 0 saturated carbocycles. The van der Waals surface area contributed by atoms with Crippen LogP contribution < -0.4 is 5.73 Å². The number of hydrogen-bond acceptors (Lipinski definition) is 5. The van der Waals surface area contributed by atoms with Crippen LogP contribution in [0.3, 0.4) is 0 Å². The van der Waals surface area contributed by atoms with Crippen LogP contribution in [0.25, 0.3) is 0 Å². The second kappa shape index (κ2) is 7.89. The first-order valence-electron chi connectivity index (χ1n) is 9.76. The van der Waals surface area contributed by atoms with E-state index in [0.29, 0.717) is 25.9 Å². The number of ketones is 1. The lowest BCUT2D eigenvalue weighted by Gasteiger charge is -2.30. The topological polar surface area (TPSA) is 121 Å². The van der Waals surface area contributed by atoms with Crippen molar-refractivity contribution in [2.75, 3.05) is 19.6 Å². The lowest BCUT2D eigenvalue weighted by molar-refractivity contribution is -0.143. The Balaban J connectivity index is 1.66. The number of carbonyl (C=O) groups is 5. The van der Waals surface area contributed by atoms with Crippen molar-refractivity contribution in [2.45, 2.75) is 57.7 Å². The molecule has 9 nitrogen and oxygen atoms in total. The number of nitrogens with zero attached hydrogens (tertiary/aromatic N) is 3. The van der Waals surface area contributed by atoms with Crippen molar-refractivity contribution in [2.24, 2.45) is 11.7 Å². The molecule has 3 rings (SSSR count). The largest absolute Gasteiger partial charge is 0.369 e. The highest BCUT2D eigenvalue weighted by atomic mass is 16.2. The Hall–Kier alpha value is -2.45. The summed E-state index contributed by atoms with van der Waals surface area (Å²) in [7, 11) is 0. The molecular weight excluding hydrogens is 364 g/mol. The molecule has 3 saturated heterocycles. The SMILES string of the molecule is CC(=O)N1CCCC1C(=O)N1CC(=O)C2C1CCN2C(=O)[CH]CC(C)C(N)=O. The van der Waals surface area contributed by atoms with E-state index in [2.05, 4.69) is 0 Å². The standard InChI is InChI=1S/C19H27N4O5/c1-11(18(20)27)5-6-16(26)22-9-7-13-17(22)15(25)10-23(13)19(28)14-4-3-8-21(14)12(2)24/h6,11,13-14,17H,3-5,7-10H2,1-2H3,(H2,20,27). The summed E-state index contributed by atoms with van der Waals surface area (Å²) < 4.78 is 0. The number of fused-ring (bicyclic) bond motifs is 1. The van der Waals surface area contributed by atoms with Gasteiger partial charge in [-0.15, -0.1) is 0 Å². The van der Waals surface area contributed by atoms with Crippen molar-refractivity contribution in [3.63, 3.8) is 0 Å². The fourth-order valence-corrected chi connectivity index (χ4v) is 4.46. The van der Waals surface area contributed by atoms with Crippen LogP contribution in [0.5, 0.6) is 0 Å². The molecule has 28 heavy (non-hydrogen) atoms. The monoisotopic (exact) mass is 391 g/mol. The zero-order valence-corrected chi connectivity index (χ0v) is 16.3. The van der Waals surface area contributed by atoms with Crippen LogP contribution in [0.1, 0.15) is 39.5 Å². The Morgan fingerprint density at radius 2 is 1.86 bits per heavy atom. The van der Waals surface area contributed by atoms with Crippen molar-refractivity contribution >= 4 is 29.4 Å². The smallest absolute Gasteiger partial charge is 0.246 e. The van der Waals surface area contributed by atoms with Gasteiger partial charge in [-0.3, -0.25) is 24.0 Å². The third kappa shape index (κ3) is 3.62. The van der Waals surface area contributed by atoms with Crippen LogP contribution in [0, 0.1) is 12.3 Å². The summed E-state index contributed by atoms with van der Waals surface area (Å²) in [6, 6.07) is -1.51. The third-order valence-corrected chi connectivity index (χ3v) is 6.06. The quantitative estimate of drug-likeness (QED) is 0.651. The van der Waals surface area contributed by atoms with E-state index in [-0.39, 0.29) is 42.5 Å². The number of Topliss-reactive ketones (excluding diaryl/α,β-unsaturated/α-hetero) is 1. The molecule has 0 spiro atoms. The van der Waals surface area contributed by atoms with Gasteiger partial charge in [-0.1, -0.05) is 6.92 Å². The van der Waals surface area contributed by atoms with Crippen LogP contribution in [-0.4, -0.2) is 81.9 Å². The van der Waals surface area contributed by atoms with E-state index in [1.807, 2.05) is 0 Å². The first-order chi connectivity index (χ1) is 13.2. The van der Waals surface area contributed by atoms with E-state index in [0.717, 1.165) is 6.42 Å². The molecule has 0 aromatic carbocycles. The molecule has 3 fully saturated rings. The molecule has 0 aromatic heterocycles. The number of likely N-dealkylation sites (tertiary alicyclic amines) is 3. The first kappa shape index (κ1) is 20.3. The molecule has 4 amide bonds. The first-order valence-corrected chi connectivity index (χ1v) is 9.76. The number of hydrogen-bond donors (Lipinski definition) is 1. The van der Waals surface area contributed by atoms with E-state index in [1.165, 1.54) is 18.2 Å². The Kier molecular flexibility index (Phi) is 5.71. The van der Waals surface area contributed by atoms with Gasteiger partial charge in [0.25, 0.3) is 0 Å².